The van der Waals surface area contributed by atoms with Crippen LogP contribution >= 0.6 is 0 Å². The van der Waals surface area contributed by atoms with E-state index in [-0.39, 0.29) is 12.0 Å². The van der Waals surface area contributed by atoms with E-state index in [4.69, 9.17) is 15.3 Å². The number of nitrogens with two attached hydrogens (primary N) is 1. The van der Waals surface area contributed by atoms with Crippen LogP contribution in [0.1, 0.15) is 19.8 Å². The van der Waals surface area contributed by atoms with Crippen LogP contribution in [0.4, 0.5) is 11.9 Å². The maximum Gasteiger partial charge on any atom is 0.322 e. The van der Waals surface area contributed by atoms with Crippen LogP contribution in [0.2, 0.25) is 0 Å². The van der Waals surface area contributed by atoms with E-state index in [1.54, 1.807) is 0 Å². The topological polar surface area (TPSA) is 107 Å². The van der Waals surface area contributed by atoms with Crippen molar-refractivity contribution < 1.29 is 9.47 Å². The Hall–Kier alpha value is -1.67. The summed E-state index contributed by atoms with van der Waals surface area (Å²) in [6.45, 7) is 2.75. The molecule has 1 aliphatic carbocycles. The Morgan fingerprint density at radius 1 is 1.28 bits per heavy atom. The van der Waals surface area contributed by atoms with Crippen molar-refractivity contribution in [3.8, 4) is 6.01 Å². The first kappa shape index (κ1) is 12.8. The Morgan fingerprint density at radius 3 is 2.61 bits per heavy atom. The van der Waals surface area contributed by atoms with Crippen LogP contribution in [0, 0.1) is 0 Å². The van der Waals surface area contributed by atoms with Crippen molar-refractivity contribution in [2.45, 2.75) is 31.9 Å². The van der Waals surface area contributed by atoms with Gasteiger partial charge in [-0.05, 0) is 19.8 Å². The molecule has 0 unspecified atom stereocenters. The van der Waals surface area contributed by atoms with Gasteiger partial charge in [0, 0.05) is 12.6 Å². The van der Waals surface area contributed by atoms with Gasteiger partial charge in [-0.2, -0.15) is 15.0 Å². The van der Waals surface area contributed by atoms with Gasteiger partial charge in [0.1, 0.15) is 0 Å². The lowest BCUT2D eigenvalue weighted by Crippen LogP contribution is -2.41. The van der Waals surface area contributed by atoms with Crippen LogP contribution in [0.25, 0.3) is 0 Å². The predicted molar refractivity (Wildman–Crippen MR) is 66.2 cm³/mol. The third-order valence-corrected chi connectivity index (χ3v) is 2.76. The van der Waals surface area contributed by atoms with E-state index in [0.717, 1.165) is 19.4 Å². The first-order chi connectivity index (χ1) is 8.75. The smallest absolute Gasteiger partial charge is 0.322 e. The van der Waals surface area contributed by atoms with Crippen molar-refractivity contribution >= 4 is 11.9 Å². The first-order valence-electron chi connectivity index (χ1n) is 5.90. The summed E-state index contributed by atoms with van der Waals surface area (Å²) in [7, 11) is 1.49. The average Bonchev–Trinajstić information content (AvgIpc) is 2.35. The molecule has 0 bridgehead atoms. The van der Waals surface area contributed by atoms with Gasteiger partial charge in [-0.3, -0.25) is 5.43 Å². The van der Waals surface area contributed by atoms with E-state index in [0.29, 0.717) is 18.1 Å². The van der Waals surface area contributed by atoms with E-state index >= 15 is 0 Å². The minimum atomic E-state index is 0.223. The van der Waals surface area contributed by atoms with Gasteiger partial charge < -0.3 is 14.8 Å². The predicted octanol–water partition coefficient (Wildman–Crippen LogP) is 0.145. The molecule has 18 heavy (non-hydrogen) atoms. The van der Waals surface area contributed by atoms with E-state index in [1.165, 1.54) is 7.11 Å². The zero-order valence-corrected chi connectivity index (χ0v) is 10.5. The quantitative estimate of drug-likeness (QED) is 0.486. The Kier molecular flexibility index (Phi) is 4.11. The van der Waals surface area contributed by atoms with Gasteiger partial charge in [-0.1, -0.05) is 0 Å². The van der Waals surface area contributed by atoms with Gasteiger partial charge in [0.05, 0.1) is 13.2 Å². The molecule has 0 radical (unpaired) electrons. The van der Waals surface area contributed by atoms with Gasteiger partial charge >= 0.3 is 6.01 Å². The summed E-state index contributed by atoms with van der Waals surface area (Å²) in [4.78, 5) is 12.1. The Labute approximate surface area is 105 Å². The SMILES string of the molecule is CCOC1CC(Nc2nc(NN)nc(OC)n2)C1. The molecule has 1 aromatic rings. The molecule has 0 aromatic carbocycles. The lowest BCUT2D eigenvalue weighted by Gasteiger charge is -2.35. The summed E-state index contributed by atoms with van der Waals surface area (Å²) < 4.78 is 10.5. The van der Waals surface area contributed by atoms with Gasteiger partial charge in [0.2, 0.25) is 11.9 Å². The molecular formula is C10H18N6O2. The standard InChI is InChI=1S/C10H18N6O2/c1-3-18-7-4-6(5-7)12-8-13-9(16-11)15-10(14-8)17-2/h6-7H,3-5,11H2,1-2H3,(H2,12,13,14,15,16). The summed E-state index contributed by atoms with van der Waals surface area (Å²) in [5.74, 6) is 6.00. The molecule has 8 nitrogen and oxygen atoms in total. The zero-order valence-electron chi connectivity index (χ0n) is 10.5. The molecule has 0 atom stereocenters. The van der Waals surface area contributed by atoms with Crippen molar-refractivity contribution in [3.63, 3.8) is 0 Å². The van der Waals surface area contributed by atoms with Crippen LogP contribution in [0.15, 0.2) is 0 Å². The number of hydrazine groups is 1. The zero-order chi connectivity index (χ0) is 13.0. The maximum absolute atomic E-state index is 5.49. The maximum atomic E-state index is 5.49. The number of nitrogens with one attached hydrogen (secondary N) is 2. The molecule has 1 aromatic heterocycles. The summed E-state index contributed by atoms with van der Waals surface area (Å²) in [6, 6.07) is 0.542. The Morgan fingerprint density at radius 2 is 2.00 bits per heavy atom. The molecule has 1 saturated carbocycles. The molecule has 2 rings (SSSR count). The summed E-state index contributed by atoms with van der Waals surface area (Å²) in [6.07, 6.45) is 2.24. The normalized spacial score (nSPS) is 22.2. The lowest BCUT2D eigenvalue weighted by molar-refractivity contribution is 0.00284. The fourth-order valence-electron chi connectivity index (χ4n) is 1.81. The minimum Gasteiger partial charge on any atom is -0.467 e. The van der Waals surface area contributed by atoms with Gasteiger partial charge in [-0.25, -0.2) is 5.84 Å². The highest BCUT2D eigenvalue weighted by Crippen LogP contribution is 2.26. The molecule has 4 N–H and O–H groups in total. The second-order valence-electron chi connectivity index (χ2n) is 4.00. The number of hydrogen-bond acceptors (Lipinski definition) is 8. The van der Waals surface area contributed by atoms with Crippen molar-refractivity contribution in [2.75, 3.05) is 24.5 Å². The molecule has 0 amide bonds. The number of anilines is 2. The van der Waals surface area contributed by atoms with Crippen LogP contribution in [-0.4, -0.2) is 40.8 Å². The fraction of sp³-hybridized carbons (Fsp3) is 0.700. The van der Waals surface area contributed by atoms with E-state index < -0.39 is 0 Å². The van der Waals surface area contributed by atoms with Crippen LogP contribution in [0.3, 0.4) is 0 Å². The third kappa shape index (κ3) is 2.96. The Balaban J connectivity index is 1.93. The molecule has 1 aliphatic rings. The van der Waals surface area contributed by atoms with E-state index in [9.17, 15) is 0 Å². The second kappa shape index (κ2) is 5.78. The molecular weight excluding hydrogens is 236 g/mol. The number of methoxy groups -OCH3 is 1. The lowest BCUT2D eigenvalue weighted by atomic mass is 9.89. The van der Waals surface area contributed by atoms with E-state index in [2.05, 4.69) is 25.7 Å². The van der Waals surface area contributed by atoms with Crippen molar-refractivity contribution in [1.82, 2.24) is 15.0 Å². The molecule has 1 fully saturated rings. The highest BCUT2D eigenvalue weighted by molar-refractivity contribution is 5.36. The summed E-state index contributed by atoms with van der Waals surface area (Å²) in [5, 5.41) is 3.20. The van der Waals surface area contributed by atoms with Crippen molar-refractivity contribution in [1.29, 1.82) is 0 Å². The number of ether oxygens (including phenoxy) is 2. The summed E-state index contributed by atoms with van der Waals surface area (Å²) in [5.41, 5.74) is 2.37. The molecule has 0 spiro atoms. The fourth-order valence-corrected chi connectivity index (χ4v) is 1.81. The van der Waals surface area contributed by atoms with Gasteiger partial charge in [0.25, 0.3) is 0 Å². The molecule has 0 saturated heterocycles. The van der Waals surface area contributed by atoms with Crippen LogP contribution in [-0.2, 0) is 4.74 Å². The van der Waals surface area contributed by atoms with Crippen molar-refractivity contribution in [3.05, 3.63) is 0 Å². The summed E-state index contributed by atoms with van der Waals surface area (Å²) >= 11 is 0. The monoisotopic (exact) mass is 254 g/mol. The Bertz CT molecular complexity index is 374. The number of nitrogens with zero attached hydrogens (tertiary/aromatic N) is 3. The second-order valence-corrected chi connectivity index (χ2v) is 4.00. The molecule has 100 valence electrons. The van der Waals surface area contributed by atoms with Crippen molar-refractivity contribution in [2.24, 2.45) is 5.84 Å². The highest BCUT2D eigenvalue weighted by Gasteiger charge is 2.30. The van der Waals surface area contributed by atoms with E-state index in [1.807, 2.05) is 6.92 Å². The number of hydrogen-bond donors (Lipinski definition) is 3. The van der Waals surface area contributed by atoms with Gasteiger partial charge in [-0.15, -0.1) is 0 Å². The number of nitrogen functional groups attached to an aromatic ring is 1. The third-order valence-electron chi connectivity index (χ3n) is 2.76. The number of rotatable bonds is 6. The first-order valence-corrected chi connectivity index (χ1v) is 5.90. The van der Waals surface area contributed by atoms with Crippen LogP contribution in [0.5, 0.6) is 6.01 Å². The van der Waals surface area contributed by atoms with Gasteiger partial charge in [0.15, 0.2) is 0 Å². The largest absolute Gasteiger partial charge is 0.467 e. The molecule has 8 heteroatoms. The molecule has 0 aliphatic heterocycles. The number of aromatic nitrogens is 3. The molecule has 1 heterocycles. The van der Waals surface area contributed by atoms with Crippen LogP contribution < -0.4 is 21.3 Å². The average molecular weight is 254 g/mol. The minimum absolute atomic E-state index is 0.223. The highest BCUT2D eigenvalue weighted by atomic mass is 16.5.